The summed E-state index contributed by atoms with van der Waals surface area (Å²) in [6.45, 7) is 0. The van der Waals surface area contributed by atoms with Gasteiger partial charge in [0.15, 0.2) is 6.04 Å². The number of aromatic hydroxyl groups is 2. The average Bonchev–Trinajstić information content (AvgIpc) is 2.86. The summed E-state index contributed by atoms with van der Waals surface area (Å²) in [5.41, 5.74) is 1.89. The van der Waals surface area contributed by atoms with Gasteiger partial charge in [0, 0.05) is 22.9 Å². The molecule has 0 saturated carbocycles. The molecule has 0 aliphatic carbocycles. The molecule has 3 N–H and O–H groups in total. The van der Waals surface area contributed by atoms with Crippen molar-refractivity contribution in [2.24, 2.45) is 4.99 Å². The Morgan fingerprint density at radius 2 is 1.35 bits per heavy atom. The number of aliphatic imine (C=N–C) groups is 1. The van der Waals surface area contributed by atoms with Gasteiger partial charge in [-0.3, -0.25) is 4.99 Å². The molecule has 0 aliphatic heterocycles. The van der Waals surface area contributed by atoms with Crippen LogP contribution >= 0.6 is 0 Å². The molecule has 34 heavy (non-hydrogen) atoms. The lowest BCUT2D eigenvalue weighted by Gasteiger charge is -2.16. The zero-order valence-corrected chi connectivity index (χ0v) is 18.1. The number of phenols is 2. The van der Waals surface area contributed by atoms with Crippen LogP contribution in [-0.2, 0) is 4.79 Å². The smallest absolute Gasteiger partial charge is 0.333 e. The second kappa shape index (κ2) is 8.71. The summed E-state index contributed by atoms with van der Waals surface area (Å²) in [7, 11) is 0. The number of hydrogen-bond donors (Lipinski definition) is 3. The van der Waals surface area contributed by atoms with E-state index in [1.165, 1.54) is 6.21 Å². The highest BCUT2D eigenvalue weighted by Crippen LogP contribution is 2.45. The van der Waals surface area contributed by atoms with E-state index in [-0.39, 0.29) is 11.5 Å². The molecular formula is C29H21NO4. The van der Waals surface area contributed by atoms with E-state index in [4.69, 9.17) is 0 Å². The summed E-state index contributed by atoms with van der Waals surface area (Å²) >= 11 is 0. The van der Waals surface area contributed by atoms with Crippen LogP contribution in [0.4, 0.5) is 0 Å². The van der Waals surface area contributed by atoms with E-state index in [9.17, 15) is 20.1 Å². The first-order valence-electron chi connectivity index (χ1n) is 10.8. The average molecular weight is 447 g/mol. The maximum Gasteiger partial charge on any atom is 0.333 e. The van der Waals surface area contributed by atoms with Crippen molar-refractivity contribution in [2.45, 2.75) is 6.04 Å². The highest BCUT2D eigenvalue weighted by atomic mass is 16.4. The Bertz CT molecular complexity index is 1560. The van der Waals surface area contributed by atoms with E-state index in [2.05, 4.69) is 4.99 Å². The molecular weight excluding hydrogens is 426 g/mol. The van der Waals surface area contributed by atoms with E-state index < -0.39 is 12.0 Å². The van der Waals surface area contributed by atoms with E-state index in [0.717, 1.165) is 21.5 Å². The van der Waals surface area contributed by atoms with Crippen molar-refractivity contribution in [2.75, 3.05) is 0 Å². The molecule has 0 saturated heterocycles. The molecule has 0 fully saturated rings. The number of benzene rings is 5. The van der Waals surface area contributed by atoms with Crippen LogP contribution in [0.2, 0.25) is 0 Å². The van der Waals surface area contributed by atoms with Crippen molar-refractivity contribution in [3.63, 3.8) is 0 Å². The normalized spacial score (nSPS) is 12.4. The van der Waals surface area contributed by atoms with Crippen LogP contribution in [0.1, 0.15) is 17.2 Å². The molecule has 0 radical (unpaired) electrons. The van der Waals surface area contributed by atoms with Crippen LogP contribution < -0.4 is 0 Å². The minimum absolute atomic E-state index is 0.0425. The maximum absolute atomic E-state index is 11.9. The van der Waals surface area contributed by atoms with Crippen LogP contribution in [0.15, 0.2) is 102 Å². The molecule has 0 bridgehead atoms. The predicted octanol–water partition coefficient (Wildman–Crippen LogP) is 6.32. The number of carboxylic acid groups (broad SMARTS) is 1. The highest BCUT2D eigenvalue weighted by Gasteiger charge is 2.21. The monoisotopic (exact) mass is 447 g/mol. The Morgan fingerprint density at radius 3 is 2.06 bits per heavy atom. The molecule has 0 aromatic heterocycles. The van der Waals surface area contributed by atoms with Gasteiger partial charge in [-0.25, -0.2) is 4.79 Å². The van der Waals surface area contributed by atoms with Gasteiger partial charge in [-0.05, 0) is 39.2 Å². The summed E-state index contributed by atoms with van der Waals surface area (Å²) in [6, 6.07) is 28.0. The third kappa shape index (κ3) is 3.73. The van der Waals surface area contributed by atoms with Gasteiger partial charge in [-0.1, -0.05) is 84.9 Å². The zero-order chi connectivity index (χ0) is 23.7. The number of fused-ring (bicyclic) bond motifs is 2. The predicted molar refractivity (Wildman–Crippen MR) is 135 cm³/mol. The van der Waals surface area contributed by atoms with Gasteiger partial charge in [-0.15, -0.1) is 0 Å². The number of rotatable bonds is 5. The SMILES string of the molecule is O=C(O)[C@H](N=Cc1cc2ccccc2c(-c2c(O)ccc3ccccc23)c1O)c1ccccc1. The van der Waals surface area contributed by atoms with Gasteiger partial charge >= 0.3 is 5.97 Å². The van der Waals surface area contributed by atoms with Crippen molar-refractivity contribution in [3.8, 4) is 22.6 Å². The Kier molecular flexibility index (Phi) is 5.44. The summed E-state index contributed by atoms with van der Waals surface area (Å²) < 4.78 is 0. The largest absolute Gasteiger partial charge is 0.507 e. The minimum atomic E-state index is -1.11. The van der Waals surface area contributed by atoms with Gasteiger partial charge < -0.3 is 15.3 Å². The van der Waals surface area contributed by atoms with Gasteiger partial charge in [-0.2, -0.15) is 0 Å². The fourth-order valence-electron chi connectivity index (χ4n) is 4.32. The summed E-state index contributed by atoms with van der Waals surface area (Å²) in [5, 5.41) is 35.3. The van der Waals surface area contributed by atoms with Crippen molar-refractivity contribution in [1.82, 2.24) is 0 Å². The maximum atomic E-state index is 11.9. The van der Waals surface area contributed by atoms with Crippen LogP contribution in [0, 0.1) is 0 Å². The molecule has 0 amide bonds. The fraction of sp³-hybridized carbons (Fsp3) is 0.0345. The zero-order valence-electron chi connectivity index (χ0n) is 18.1. The molecule has 5 heteroatoms. The van der Waals surface area contributed by atoms with Crippen molar-refractivity contribution < 1.29 is 20.1 Å². The van der Waals surface area contributed by atoms with Crippen molar-refractivity contribution >= 4 is 33.7 Å². The van der Waals surface area contributed by atoms with Gasteiger partial charge in [0.2, 0.25) is 0 Å². The number of aliphatic carboxylic acids is 1. The van der Waals surface area contributed by atoms with Crippen LogP contribution in [0.5, 0.6) is 11.5 Å². The first-order chi connectivity index (χ1) is 16.5. The Morgan fingerprint density at radius 1 is 0.735 bits per heavy atom. The number of hydrogen-bond acceptors (Lipinski definition) is 4. The van der Waals surface area contributed by atoms with Crippen LogP contribution in [0.25, 0.3) is 32.7 Å². The molecule has 0 spiro atoms. The standard InChI is InChI=1S/C29H21NO4/c31-24-15-14-18-8-4-6-12-22(18)25(24)26-23-13-7-5-11-20(23)16-21(28(26)32)17-30-27(29(33)34)19-9-2-1-3-10-19/h1-17,27,31-32H,(H,33,34)/t27-/m1/s1. The molecule has 1 atom stereocenters. The number of carbonyl (C=O) groups is 1. The lowest BCUT2D eigenvalue weighted by Crippen LogP contribution is -2.09. The second-order valence-electron chi connectivity index (χ2n) is 8.02. The Labute approximate surface area is 195 Å². The van der Waals surface area contributed by atoms with Crippen LogP contribution in [0.3, 0.4) is 0 Å². The van der Waals surface area contributed by atoms with E-state index in [1.807, 2.05) is 60.7 Å². The fourth-order valence-corrected chi connectivity index (χ4v) is 4.32. The Balaban J connectivity index is 1.75. The number of phenolic OH excluding ortho intramolecular Hbond substituents is 2. The Hall–Kier alpha value is -4.64. The molecule has 5 aromatic rings. The highest BCUT2D eigenvalue weighted by molar-refractivity contribution is 6.12. The van der Waals surface area contributed by atoms with Gasteiger partial charge in [0.05, 0.1) is 0 Å². The van der Waals surface area contributed by atoms with Crippen molar-refractivity contribution in [3.05, 3.63) is 108 Å². The van der Waals surface area contributed by atoms with Gasteiger partial charge in [0.25, 0.3) is 0 Å². The molecule has 166 valence electrons. The summed E-state index contributed by atoms with van der Waals surface area (Å²) in [5.74, 6) is -1.12. The number of nitrogens with zero attached hydrogens (tertiary/aromatic N) is 1. The molecule has 5 aromatic carbocycles. The quantitative estimate of drug-likeness (QED) is 0.275. The summed E-state index contributed by atoms with van der Waals surface area (Å²) in [6.07, 6.45) is 1.39. The first kappa shape index (κ1) is 21.2. The molecule has 0 unspecified atom stereocenters. The minimum Gasteiger partial charge on any atom is -0.507 e. The van der Waals surface area contributed by atoms with E-state index in [1.54, 1.807) is 36.4 Å². The molecule has 5 nitrogen and oxygen atoms in total. The topological polar surface area (TPSA) is 90.1 Å². The molecule has 5 rings (SSSR count). The lowest BCUT2D eigenvalue weighted by atomic mass is 9.90. The first-order valence-corrected chi connectivity index (χ1v) is 10.8. The molecule has 0 aliphatic rings. The van der Waals surface area contributed by atoms with Gasteiger partial charge in [0.1, 0.15) is 11.5 Å². The lowest BCUT2D eigenvalue weighted by molar-refractivity contribution is -0.138. The summed E-state index contributed by atoms with van der Waals surface area (Å²) in [4.78, 5) is 16.2. The number of carboxylic acids is 1. The van der Waals surface area contributed by atoms with Crippen LogP contribution in [-0.4, -0.2) is 27.5 Å². The van der Waals surface area contributed by atoms with E-state index >= 15 is 0 Å². The third-order valence-corrected chi connectivity index (χ3v) is 5.92. The van der Waals surface area contributed by atoms with E-state index in [0.29, 0.717) is 22.3 Å². The molecule has 0 heterocycles. The third-order valence-electron chi connectivity index (χ3n) is 5.92. The second-order valence-corrected chi connectivity index (χ2v) is 8.02. The van der Waals surface area contributed by atoms with Crippen molar-refractivity contribution in [1.29, 1.82) is 0 Å².